The van der Waals surface area contributed by atoms with Gasteiger partial charge in [0.25, 0.3) is 0 Å². The van der Waals surface area contributed by atoms with Crippen molar-refractivity contribution in [3.63, 3.8) is 0 Å². The summed E-state index contributed by atoms with van der Waals surface area (Å²) in [5.41, 5.74) is 1.06. The van der Waals surface area contributed by atoms with E-state index in [-0.39, 0.29) is 50.9 Å². The maximum atomic E-state index is 12.1. The van der Waals surface area contributed by atoms with Crippen LogP contribution in [0, 0.1) is 0 Å². The monoisotopic (exact) mass is 506 g/mol. The zero-order valence-corrected chi connectivity index (χ0v) is 19.3. The molecule has 4 aromatic rings. The van der Waals surface area contributed by atoms with Crippen LogP contribution in [-0.2, 0) is 17.1 Å². The van der Waals surface area contributed by atoms with E-state index in [0.29, 0.717) is 11.1 Å². The Morgan fingerprint density at radius 1 is 0.400 bits per heavy atom. The Labute approximate surface area is 212 Å². The first-order chi connectivity index (χ1) is 16.4. The van der Waals surface area contributed by atoms with E-state index in [4.69, 9.17) is 0 Å². The van der Waals surface area contributed by atoms with E-state index in [1.807, 2.05) is 0 Å². The maximum absolute atomic E-state index is 12.1. The number of ketones is 2. The van der Waals surface area contributed by atoms with E-state index < -0.39 is 11.9 Å². The van der Waals surface area contributed by atoms with Crippen molar-refractivity contribution < 1.29 is 46.5 Å². The molecule has 0 aromatic heterocycles. The quantitative estimate of drug-likeness (QED) is 0.293. The summed E-state index contributed by atoms with van der Waals surface area (Å²) in [5, 5.41) is 21.8. The Balaban J connectivity index is 0.000000240. The summed E-state index contributed by atoms with van der Waals surface area (Å²) in [5.74, 6) is -3.31. The number of carbonyl (C=O) groups is 4. The number of hydrogen-bond acceptors (Lipinski definition) is 6. The number of carbonyl (C=O) groups excluding carboxylic acids is 4. The topological polar surface area (TPSA) is 114 Å². The van der Waals surface area contributed by atoms with Gasteiger partial charge in [0.15, 0.2) is 11.6 Å². The summed E-state index contributed by atoms with van der Waals surface area (Å²) in [6, 6.07) is 29.2. The van der Waals surface area contributed by atoms with Crippen molar-refractivity contribution in [2.24, 2.45) is 0 Å². The van der Waals surface area contributed by atoms with Gasteiger partial charge in [-0.2, -0.15) is 0 Å². The van der Waals surface area contributed by atoms with Gasteiger partial charge in [-0.25, -0.2) is 0 Å². The van der Waals surface area contributed by atoms with Gasteiger partial charge in [-0.05, 0) is 0 Å². The summed E-state index contributed by atoms with van der Waals surface area (Å²) in [4.78, 5) is 45.9. The average Bonchev–Trinajstić information content (AvgIpc) is 2.89. The van der Waals surface area contributed by atoms with Crippen molar-refractivity contribution in [1.29, 1.82) is 0 Å². The third kappa shape index (κ3) is 6.83. The Morgan fingerprint density at radius 3 is 0.943 bits per heavy atom. The molecule has 0 aliphatic carbocycles. The SMILES string of the molecule is O=C([O-])c1ccccc1C(=O)c1ccccc1.O=C([O-])c1ccccc1C(=O)c1ccccc1.[Fe+2]. The molecule has 0 N–H and O–H groups in total. The Bertz CT molecular complexity index is 1230. The molecule has 174 valence electrons. The fraction of sp³-hybridized carbons (Fsp3) is 0. The third-order valence-corrected chi connectivity index (χ3v) is 4.86. The normalized spacial score (nSPS) is 9.60. The molecule has 35 heavy (non-hydrogen) atoms. The third-order valence-electron chi connectivity index (χ3n) is 4.86. The second-order valence-corrected chi connectivity index (χ2v) is 7.06. The molecule has 0 unspecified atom stereocenters. The van der Waals surface area contributed by atoms with Crippen molar-refractivity contribution in [3.05, 3.63) is 143 Å². The summed E-state index contributed by atoms with van der Waals surface area (Å²) in [7, 11) is 0. The first kappa shape index (κ1) is 26.9. The number of carboxylic acids is 2. The van der Waals surface area contributed by atoms with E-state index in [9.17, 15) is 29.4 Å². The smallest absolute Gasteiger partial charge is 0.545 e. The van der Waals surface area contributed by atoms with Crippen LogP contribution in [0.1, 0.15) is 52.6 Å². The number of aromatic carboxylic acids is 2. The van der Waals surface area contributed by atoms with Crippen LogP contribution >= 0.6 is 0 Å². The number of hydrogen-bond donors (Lipinski definition) is 0. The Kier molecular flexibility index (Phi) is 9.84. The molecule has 0 atom stereocenters. The molecule has 0 bridgehead atoms. The van der Waals surface area contributed by atoms with Crippen LogP contribution in [0.5, 0.6) is 0 Å². The molecule has 0 radical (unpaired) electrons. The molecule has 0 fully saturated rings. The van der Waals surface area contributed by atoms with Crippen LogP contribution in [0.3, 0.4) is 0 Å². The molecular formula is C28H18FeO6. The van der Waals surface area contributed by atoms with E-state index in [1.54, 1.807) is 84.9 Å². The average molecular weight is 506 g/mol. The molecule has 0 saturated heterocycles. The summed E-state index contributed by atoms with van der Waals surface area (Å²) < 4.78 is 0. The predicted molar refractivity (Wildman–Crippen MR) is 121 cm³/mol. The second kappa shape index (κ2) is 12.8. The molecule has 4 rings (SSSR count). The summed E-state index contributed by atoms with van der Waals surface area (Å²) >= 11 is 0. The van der Waals surface area contributed by atoms with Gasteiger partial charge < -0.3 is 19.8 Å². The minimum absolute atomic E-state index is 0. The van der Waals surface area contributed by atoms with Crippen LogP contribution in [0.2, 0.25) is 0 Å². The molecule has 0 spiro atoms. The van der Waals surface area contributed by atoms with Crippen molar-refractivity contribution in [1.82, 2.24) is 0 Å². The van der Waals surface area contributed by atoms with Gasteiger partial charge in [-0.3, -0.25) is 9.59 Å². The molecule has 0 saturated carbocycles. The minimum Gasteiger partial charge on any atom is -0.545 e. The van der Waals surface area contributed by atoms with Crippen LogP contribution in [-0.4, -0.2) is 23.5 Å². The first-order valence-corrected chi connectivity index (χ1v) is 10.2. The van der Waals surface area contributed by atoms with Crippen LogP contribution in [0.4, 0.5) is 0 Å². The van der Waals surface area contributed by atoms with Gasteiger partial charge >= 0.3 is 17.1 Å². The molecular weight excluding hydrogens is 488 g/mol. The van der Waals surface area contributed by atoms with Crippen molar-refractivity contribution >= 4 is 23.5 Å². The zero-order chi connectivity index (χ0) is 24.5. The van der Waals surface area contributed by atoms with E-state index in [1.165, 1.54) is 24.3 Å². The number of carboxylic acid groups (broad SMARTS) is 2. The van der Waals surface area contributed by atoms with Gasteiger partial charge in [0.1, 0.15) is 0 Å². The molecule has 6 nitrogen and oxygen atoms in total. The molecule has 0 aliphatic rings. The van der Waals surface area contributed by atoms with Crippen molar-refractivity contribution in [2.45, 2.75) is 0 Å². The van der Waals surface area contributed by atoms with Gasteiger partial charge in [0.05, 0.1) is 11.9 Å². The fourth-order valence-corrected chi connectivity index (χ4v) is 3.21. The Hall–Kier alpha value is -4.32. The fourth-order valence-electron chi connectivity index (χ4n) is 3.21. The van der Waals surface area contributed by atoms with Gasteiger partial charge in [0, 0.05) is 33.4 Å². The molecule has 4 aromatic carbocycles. The van der Waals surface area contributed by atoms with Gasteiger partial charge in [-0.15, -0.1) is 0 Å². The van der Waals surface area contributed by atoms with Crippen LogP contribution < -0.4 is 10.2 Å². The summed E-state index contributed by atoms with van der Waals surface area (Å²) in [6.45, 7) is 0. The van der Waals surface area contributed by atoms with Gasteiger partial charge in [-0.1, -0.05) is 109 Å². The van der Waals surface area contributed by atoms with Crippen molar-refractivity contribution in [3.8, 4) is 0 Å². The molecule has 0 amide bonds. The van der Waals surface area contributed by atoms with E-state index >= 15 is 0 Å². The maximum Gasteiger partial charge on any atom is 2.00 e. The minimum atomic E-state index is -1.34. The number of benzene rings is 4. The van der Waals surface area contributed by atoms with Gasteiger partial charge in [0.2, 0.25) is 0 Å². The largest absolute Gasteiger partial charge is 2.00 e. The summed E-state index contributed by atoms with van der Waals surface area (Å²) in [6.07, 6.45) is 0. The molecule has 0 aliphatic heterocycles. The Morgan fingerprint density at radius 2 is 0.657 bits per heavy atom. The molecule has 7 heteroatoms. The van der Waals surface area contributed by atoms with E-state index in [2.05, 4.69) is 0 Å². The zero-order valence-electron chi connectivity index (χ0n) is 18.2. The first-order valence-electron chi connectivity index (χ1n) is 10.2. The van der Waals surface area contributed by atoms with Crippen molar-refractivity contribution in [2.75, 3.05) is 0 Å². The van der Waals surface area contributed by atoms with Crippen LogP contribution in [0.15, 0.2) is 109 Å². The predicted octanol–water partition coefficient (Wildman–Crippen LogP) is 2.56. The van der Waals surface area contributed by atoms with E-state index in [0.717, 1.165) is 0 Å². The molecule has 0 heterocycles. The standard InChI is InChI=1S/2C14H10O3.Fe/c2*15-13(10-6-2-1-3-7-10)11-8-4-5-9-12(11)14(16)17;/h2*1-9H,(H,16,17);/q;;+2/p-2. The second-order valence-electron chi connectivity index (χ2n) is 7.06. The number of rotatable bonds is 6. The van der Waals surface area contributed by atoms with Crippen LogP contribution in [0.25, 0.3) is 0 Å².